The lowest BCUT2D eigenvalue weighted by atomic mass is 10.0. The summed E-state index contributed by atoms with van der Waals surface area (Å²) in [7, 11) is 2.78. The number of hydrogen-bond acceptors (Lipinski definition) is 15. The van der Waals surface area contributed by atoms with Gasteiger partial charge in [0.15, 0.2) is 29.8 Å². The highest BCUT2D eigenvalue weighted by atomic mass is 35.5. The number of pyridine rings is 1. The van der Waals surface area contributed by atoms with Crippen molar-refractivity contribution < 1.29 is 52.3 Å². The fourth-order valence-electron chi connectivity index (χ4n) is 6.95. The van der Waals surface area contributed by atoms with Gasteiger partial charge in [-0.3, -0.25) is 19.8 Å². The molecule has 1 saturated heterocycles. The van der Waals surface area contributed by atoms with Gasteiger partial charge in [-0.2, -0.15) is 9.56 Å². The Morgan fingerprint density at radius 1 is 1.03 bits per heavy atom. The van der Waals surface area contributed by atoms with E-state index in [9.17, 15) is 24.0 Å². The van der Waals surface area contributed by atoms with Gasteiger partial charge >= 0.3 is 18.2 Å². The number of amides is 4. The van der Waals surface area contributed by atoms with Crippen LogP contribution in [0, 0.1) is 0 Å². The topological polar surface area (TPSA) is 231 Å². The molecule has 1 fully saturated rings. The Morgan fingerprint density at radius 3 is 2.46 bits per heavy atom. The molecule has 1 aromatic carbocycles. The monoisotopic (exact) mass is 1010 g/mol. The molecule has 5 aromatic rings. The van der Waals surface area contributed by atoms with Crippen molar-refractivity contribution in [2.45, 2.75) is 83.9 Å². The maximum absolute atomic E-state index is 14.2. The summed E-state index contributed by atoms with van der Waals surface area (Å²) in [5.74, 6) is -1.10. The normalized spacial score (nSPS) is 16.5. The highest BCUT2D eigenvalue weighted by molar-refractivity contribution is 8.00. The zero-order valence-corrected chi connectivity index (χ0v) is 41.5. The summed E-state index contributed by atoms with van der Waals surface area (Å²) in [6.45, 7) is 11.0. The van der Waals surface area contributed by atoms with Crippen LogP contribution in [0.25, 0.3) is 10.9 Å². The molecule has 4 amide bonds. The van der Waals surface area contributed by atoms with Gasteiger partial charge in [0.2, 0.25) is 0 Å². The molecular weight excluding hydrogens is 958 g/mol. The van der Waals surface area contributed by atoms with E-state index in [-0.39, 0.29) is 45.6 Å². The fraction of sp³-hybridized carbons (Fsp3) is 0.356. The number of nitrogens with two attached hydrogens (primary N) is 1. The van der Waals surface area contributed by atoms with E-state index in [1.807, 2.05) is 46.7 Å². The fourth-order valence-corrected chi connectivity index (χ4v) is 10.2. The van der Waals surface area contributed by atoms with Crippen LogP contribution in [0.3, 0.4) is 0 Å². The summed E-state index contributed by atoms with van der Waals surface area (Å²) < 4.78 is 25.7. The quantitative estimate of drug-likeness (QED) is 0.0203. The molecule has 0 saturated carbocycles. The van der Waals surface area contributed by atoms with E-state index in [1.54, 1.807) is 72.9 Å². The molecule has 2 aliphatic rings. The zero-order chi connectivity index (χ0) is 49.1. The SMILES string of the molecule is CO/N=C(\C(=O)N[C@@H]1C(=O)N2C(C(=O)OCc3ccc(OC)cc3)=C(C[n+]3ccc4ccn(Cc5cc(C(N)=NC(=O)OC(C)(C)C)cs5)c4c3)CS[C@H]12)c1nc(NC(=O)OC(C)(C)C)sc1Cl. The van der Waals surface area contributed by atoms with Crippen molar-refractivity contribution in [1.29, 1.82) is 0 Å². The van der Waals surface area contributed by atoms with Gasteiger partial charge in [-0.05, 0) is 71.4 Å². The van der Waals surface area contributed by atoms with Crippen LogP contribution in [-0.2, 0) is 53.1 Å². The van der Waals surface area contributed by atoms with Crippen LogP contribution >= 0.6 is 46.0 Å². The number of β-lactam (4-membered cyclic amide) rings is 1. The van der Waals surface area contributed by atoms with E-state index in [2.05, 4.69) is 30.3 Å². The number of benzene rings is 1. The number of esters is 1. The molecule has 68 heavy (non-hydrogen) atoms. The Labute approximate surface area is 408 Å². The van der Waals surface area contributed by atoms with E-state index in [1.165, 1.54) is 35.1 Å². The number of ether oxygens (including phenoxy) is 4. The van der Waals surface area contributed by atoms with Gasteiger partial charge < -0.3 is 39.4 Å². The summed E-state index contributed by atoms with van der Waals surface area (Å²) in [6, 6.07) is 11.8. The molecule has 358 valence electrons. The Morgan fingerprint density at radius 2 is 1.76 bits per heavy atom. The third-order valence-electron chi connectivity index (χ3n) is 9.90. The van der Waals surface area contributed by atoms with Crippen molar-refractivity contribution in [3.63, 3.8) is 0 Å². The number of nitrogens with zero attached hydrogens (tertiary/aromatic N) is 6. The van der Waals surface area contributed by atoms with E-state index in [4.69, 9.17) is 41.1 Å². The number of thiophene rings is 1. The van der Waals surface area contributed by atoms with Crippen LogP contribution < -0.4 is 25.7 Å². The van der Waals surface area contributed by atoms with Crippen LogP contribution in [0.5, 0.6) is 5.75 Å². The predicted molar refractivity (Wildman–Crippen MR) is 258 cm³/mol. The number of hydrogen-bond donors (Lipinski definition) is 3. The Balaban J connectivity index is 1.11. The van der Waals surface area contributed by atoms with Gasteiger partial charge in [0.05, 0.1) is 13.7 Å². The standard InChI is InChI=1S/C45H48ClN9O10S3/c1-44(2,3)64-42(59)50-36(47)26-17-29(66-22-26)19-54-16-14-25-13-15-53(20-30(25)54)18-27-23-67-39-33(38(57)55(39)34(27)40(58)63-21-24-9-11-28(61-7)12-10-24)48-37(56)32(52-62-8)31-35(46)68-41(49-31)51-43(60)65-45(4,5)6/h9-17,20,22,33,39H,18-19,21,23H2,1-8H3,(H3-,47,48,49,50,51,56,59,60)/p+1/b52-32-/t33-,39-/m1/s1. The summed E-state index contributed by atoms with van der Waals surface area (Å²) in [6.07, 6.45) is 4.27. The Hall–Kier alpha value is -6.49. The second-order valence-electron chi connectivity index (χ2n) is 17.3. The summed E-state index contributed by atoms with van der Waals surface area (Å²) in [5.41, 5.74) is 7.13. The first kappa shape index (κ1) is 49.4. The predicted octanol–water partition coefficient (Wildman–Crippen LogP) is 6.59. The molecular formula is C45H49ClN9O10S3+. The number of halogens is 1. The molecule has 0 aliphatic carbocycles. The summed E-state index contributed by atoms with van der Waals surface area (Å²) in [5, 5.41) is 11.2. The van der Waals surface area contributed by atoms with Gasteiger partial charge in [0.1, 0.15) is 69.2 Å². The molecule has 4 N–H and O–H groups in total. The van der Waals surface area contributed by atoms with Gasteiger partial charge in [0, 0.05) is 44.8 Å². The summed E-state index contributed by atoms with van der Waals surface area (Å²) >= 11 is 10.2. The molecule has 4 aromatic heterocycles. The van der Waals surface area contributed by atoms with Crippen LogP contribution in [0.2, 0.25) is 4.34 Å². The van der Waals surface area contributed by atoms with Gasteiger partial charge in [-0.15, -0.1) is 23.1 Å². The third kappa shape index (κ3) is 11.8. The van der Waals surface area contributed by atoms with Crippen molar-refractivity contribution in [3.05, 3.63) is 104 Å². The molecule has 2 atom stereocenters. The maximum Gasteiger partial charge on any atom is 0.436 e. The lowest BCUT2D eigenvalue weighted by Crippen LogP contribution is -2.71. The minimum Gasteiger partial charge on any atom is -0.497 e. The van der Waals surface area contributed by atoms with E-state index in [0.29, 0.717) is 34.7 Å². The average Bonchev–Trinajstić information content (AvgIpc) is 4.00. The van der Waals surface area contributed by atoms with Crippen LogP contribution in [0.1, 0.15) is 63.2 Å². The first-order valence-corrected chi connectivity index (χ1v) is 24.0. The number of oxime groups is 1. The number of rotatable bonds is 14. The van der Waals surface area contributed by atoms with Crippen LogP contribution in [0.4, 0.5) is 14.7 Å². The van der Waals surface area contributed by atoms with Gasteiger partial charge in [-0.1, -0.05) is 40.2 Å². The number of carbonyl (C=O) groups is 5. The number of thioether (sulfide) groups is 1. The maximum atomic E-state index is 14.2. The molecule has 6 heterocycles. The number of aliphatic imine (C=N–C) groups is 1. The molecule has 0 radical (unpaired) electrons. The van der Waals surface area contributed by atoms with Crippen LogP contribution in [0.15, 0.2) is 87.9 Å². The summed E-state index contributed by atoms with van der Waals surface area (Å²) in [4.78, 5) is 82.3. The Kier molecular flexibility index (Phi) is 14.8. The van der Waals surface area contributed by atoms with Gasteiger partial charge in [0.25, 0.3) is 11.8 Å². The van der Waals surface area contributed by atoms with Crippen molar-refractivity contribution in [2.24, 2.45) is 15.9 Å². The number of methoxy groups -OCH3 is 1. The number of fused-ring (bicyclic) bond motifs is 2. The third-order valence-corrected chi connectivity index (χ3v) is 13.3. The van der Waals surface area contributed by atoms with Gasteiger partial charge in [-0.25, -0.2) is 19.4 Å². The zero-order valence-electron chi connectivity index (χ0n) is 38.3. The average molecular weight is 1010 g/mol. The molecule has 7 rings (SSSR count). The molecule has 0 spiro atoms. The first-order chi connectivity index (χ1) is 32.2. The van der Waals surface area contributed by atoms with Crippen molar-refractivity contribution >= 4 is 104 Å². The van der Waals surface area contributed by atoms with Crippen molar-refractivity contribution in [3.8, 4) is 5.75 Å². The lowest BCUT2D eigenvalue weighted by molar-refractivity contribution is -0.687. The first-order valence-electron chi connectivity index (χ1n) is 20.9. The number of carbonyl (C=O) groups excluding carboxylic acids is 5. The van der Waals surface area contributed by atoms with Crippen LogP contribution in [-0.4, -0.2) is 98.6 Å². The highest BCUT2D eigenvalue weighted by Crippen LogP contribution is 2.41. The molecule has 0 bridgehead atoms. The number of nitrogens with one attached hydrogen (secondary N) is 2. The smallest absolute Gasteiger partial charge is 0.436 e. The molecule has 19 nitrogen and oxygen atoms in total. The van der Waals surface area contributed by atoms with Crippen molar-refractivity contribution in [2.75, 3.05) is 25.3 Å². The minimum atomic E-state index is -1.08. The van der Waals surface area contributed by atoms with E-state index >= 15 is 0 Å². The van der Waals surface area contributed by atoms with E-state index < -0.39 is 52.6 Å². The largest absolute Gasteiger partial charge is 0.497 e. The lowest BCUT2D eigenvalue weighted by Gasteiger charge is -2.49. The minimum absolute atomic E-state index is 0.0148. The second-order valence-corrected chi connectivity index (χ2v) is 21.0. The molecule has 23 heteroatoms. The highest BCUT2D eigenvalue weighted by Gasteiger charge is 2.55. The number of thiazole rings is 1. The molecule has 2 aliphatic heterocycles. The molecule has 0 unspecified atom stereocenters. The van der Waals surface area contributed by atoms with Crippen molar-refractivity contribution in [1.82, 2.24) is 19.8 Å². The number of amidine groups is 1. The number of anilines is 1. The van der Waals surface area contributed by atoms with E-state index in [0.717, 1.165) is 27.1 Å². The Bertz CT molecular complexity index is 2860. The number of aromatic nitrogens is 3. The second kappa shape index (κ2) is 20.4.